The van der Waals surface area contributed by atoms with Gasteiger partial charge < -0.3 is 10.1 Å². The van der Waals surface area contributed by atoms with Crippen molar-refractivity contribution < 1.29 is 9.53 Å². The van der Waals surface area contributed by atoms with Gasteiger partial charge in [0.25, 0.3) is 0 Å². The van der Waals surface area contributed by atoms with E-state index in [0.717, 1.165) is 16.1 Å². The Labute approximate surface area is 120 Å². The van der Waals surface area contributed by atoms with Crippen LogP contribution in [0.15, 0.2) is 24.4 Å². The molecule has 0 bridgehead atoms. The maximum atomic E-state index is 11.5. The number of carbonyl (C=O) groups excluding carboxylic acids is 1. The third-order valence-electron chi connectivity index (χ3n) is 2.62. The van der Waals surface area contributed by atoms with Crippen molar-refractivity contribution in [3.05, 3.63) is 44.9 Å². The summed E-state index contributed by atoms with van der Waals surface area (Å²) < 4.78 is 5.24. The lowest BCUT2D eigenvalue weighted by atomic mass is 10.1. The van der Waals surface area contributed by atoms with E-state index in [-0.39, 0.29) is 5.97 Å². The monoisotopic (exact) mass is 296 g/mol. The summed E-state index contributed by atoms with van der Waals surface area (Å²) in [4.78, 5) is 16.5. The number of methoxy groups -OCH3 is 1. The van der Waals surface area contributed by atoms with Gasteiger partial charge in [0.15, 0.2) is 4.47 Å². The number of aromatic nitrogens is 1. The minimum Gasteiger partial charge on any atom is -0.465 e. The Balaban J connectivity index is 2.06. The van der Waals surface area contributed by atoms with Gasteiger partial charge in [0.2, 0.25) is 0 Å². The highest BCUT2D eigenvalue weighted by Gasteiger charge is 2.09. The molecule has 2 rings (SSSR count). The van der Waals surface area contributed by atoms with Gasteiger partial charge in [-0.25, -0.2) is 9.78 Å². The number of carbonyl (C=O) groups is 1. The molecule has 0 atom stereocenters. The fourth-order valence-electron chi connectivity index (χ4n) is 1.67. The van der Waals surface area contributed by atoms with E-state index in [1.54, 1.807) is 12.3 Å². The molecule has 1 aromatic heterocycles. The third-order valence-corrected chi connectivity index (χ3v) is 3.74. The molecule has 1 aromatic carbocycles. The Morgan fingerprint density at radius 3 is 2.89 bits per heavy atom. The number of benzene rings is 1. The number of esters is 1. The van der Waals surface area contributed by atoms with Crippen molar-refractivity contribution in [3.8, 4) is 0 Å². The molecule has 0 saturated carbocycles. The Morgan fingerprint density at radius 2 is 2.32 bits per heavy atom. The third kappa shape index (κ3) is 3.45. The number of halogens is 1. The van der Waals surface area contributed by atoms with E-state index in [2.05, 4.69) is 10.3 Å². The van der Waals surface area contributed by atoms with Crippen LogP contribution in [0.2, 0.25) is 4.47 Å². The van der Waals surface area contributed by atoms with E-state index < -0.39 is 0 Å². The van der Waals surface area contributed by atoms with Crippen molar-refractivity contribution >= 4 is 34.6 Å². The second-order valence-electron chi connectivity index (χ2n) is 3.95. The molecule has 19 heavy (non-hydrogen) atoms. The topological polar surface area (TPSA) is 51.2 Å². The molecule has 0 aliphatic carbocycles. The summed E-state index contributed by atoms with van der Waals surface area (Å²) >= 11 is 7.21. The van der Waals surface area contributed by atoms with Crippen molar-refractivity contribution in [2.24, 2.45) is 0 Å². The number of nitrogens with one attached hydrogen (secondary N) is 1. The molecule has 0 aliphatic rings. The second-order valence-corrected chi connectivity index (χ2v) is 5.65. The van der Waals surface area contributed by atoms with Crippen LogP contribution in [-0.2, 0) is 11.3 Å². The molecule has 6 heteroatoms. The lowest BCUT2D eigenvalue weighted by molar-refractivity contribution is 0.0600. The van der Waals surface area contributed by atoms with Gasteiger partial charge in [-0.15, -0.1) is 11.3 Å². The zero-order valence-corrected chi connectivity index (χ0v) is 12.1. The Bertz CT molecular complexity index is 598. The highest BCUT2D eigenvalue weighted by atomic mass is 35.5. The Morgan fingerprint density at radius 1 is 1.53 bits per heavy atom. The minimum absolute atomic E-state index is 0.321. The van der Waals surface area contributed by atoms with E-state index in [9.17, 15) is 4.79 Å². The number of ether oxygens (including phenoxy) is 1. The predicted octanol–water partition coefficient (Wildman–Crippen LogP) is 3.50. The Kier molecular flexibility index (Phi) is 4.39. The van der Waals surface area contributed by atoms with Crippen molar-refractivity contribution in [1.29, 1.82) is 0 Å². The first-order valence-corrected chi connectivity index (χ1v) is 6.82. The molecule has 0 aliphatic heterocycles. The minimum atomic E-state index is -0.321. The zero-order chi connectivity index (χ0) is 13.8. The van der Waals surface area contributed by atoms with Crippen LogP contribution in [0.25, 0.3) is 0 Å². The van der Waals surface area contributed by atoms with Crippen molar-refractivity contribution in [2.75, 3.05) is 12.4 Å². The smallest absolute Gasteiger partial charge is 0.338 e. The fraction of sp³-hybridized carbons (Fsp3) is 0.231. The van der Waals surface area contributed by atoms with Crippen LogP contribution in [0, 0.1) is 6.92 Å². The van der Waals surface area contributed by atoms with Gasteiger partial charge >= 0.3 is 5.97 Å². The highest BCUT2D eigenvalue weighted by Crippen LogP contribution is 2.20. The van der Waals surface area contributed by atoms with Crippen LogP contribution >= 0.6 is 22.9 Å². The molecule has 0 spiro atoms. The van der Waals surface area contributed by atoms with Gasteiger partial charge in [-0.05, 0) is 30.7 Å². The largest absolute Gasteiger partial charge is 0.465 e. The predicted molar refractivity (Wildman–Crippen MR) is 77.0 cm³/mol. The maximum absolute atomic E-state index is 11.5. The van der Waals surface area contributed by atoms with Crippen LogP contribution in [0.5, 0.6) is 0 Å². The molecule has 4 nitrogen and oxygen atoms in total. The van der Waals surface area contributed by atoms with Gasteiger partial charge in [0.05, 0.1) is 19.2 Å². The van der Waals surface area contributed by atoms with Crippen molar-refractivity contribution in [2.45, 2.75) is 13.5 Å². The average Bonchev–Trinajstić information content (AvgIpc) is 2.81. The zero-order valence-electron chi connectivity index (χ0n) is 10.6. The SMILES string of the molecule is COC(=O)c1ccc(NCc2cnc(Cl)s2)cc1C. The first kappa shape index (κ1) is 13.8. The van der Waals surface area contributed by atoms with Crippen LogP contribution in [0.3, 0.4) is 0 Å². The second kappa shape index (κ2) is 6.04. The van der Waals surface area contributed by atoms with E-state index in [4.69, 9.17) is 16.3 Å². The fourth-order valence-corrected chi connectivity index (χ4v) is 2.58. The summed E-state index contributed by atoms with van der Waals surface area (Å²) in [5, 5.41) is 3.26. The lowest BCUT2D eigenvalue weighted by Crippen LogP contribution is -2.05. The number of rotatable bonds is 4. The molecular formula is C13H13ClN2O2S. The van der Waals surface area contributed by atoms with Gasteiger partial charge in [0.1, 0.15) is 0 Å². The van der Waals surface area contributed by atoms with Gasteiger partial charge in [-0.1, -0.05) is 11.6 Å². The number of aryl methyl sites for hydroxylation is 1. The number of hydrogen-bond donors (Lipinski definition) is 1. The summed E-state index contributed by atoms with van der Waals surface area (Å²) in [5.74, 6) is -0.321. The van der Waals surface area contributed by atoms with Crippen LogP contribution < -0.4 is 5.32 Å². The molecule has 1 N–H and O–H groups in total. The van der Waals surface area contributed by atoms with Gasteiger partial charge in [-0.3, -0.25) is 0 Å². The number of anilines is 1. The molecule has 2 aromatic rings. The van der Waals surface area contributed by atoms with Crippen LogP contribution in [0.1, 0.15) is 20.8 Å². The van der Waals surface area contributed by atoms with Gasteiger partial charge in [-0.2, -0.15) is 0 Å². The summed E-state index contributed by atoms with van der Waals surface area (Å²) in [6, 6.07) is 5.51. The summed E-state index contributed by atoms with van der Waals surface area (Å²) in [7, 11) is 1.38. The standard InChI is InChI=1S/C13H13ClN2O2S/c1-8-5-9(3-4-11(8)12(17)18-2)15-6-10-7-16-13(14)19-10/h3-5,7,15H,6H2,1-2H3. The molecule has 0 unspecified atom stereocenters. The quantitative estimate of drug-likeness (QED) is 0.877. The number of hydrogen-bond acceptors (Lipinski definition) is 5. The van der Waals surface area contributed by atoms with E-state index >= 15 is 0 Å². The molecule has 100 valence electrons. The average molecular weight is 297 g/mol. The van der Waals surface area contributed by atoms with Crippen molar-refractivity contribution in [3.63, 3.8) is 0 Å². The van der Waals surface area contributed by atoms with Crippen molar-refractivity contribution in [1.82, 2.24) is 4.98 Å². The highest BCUT2D eigenvalue weighted by molar-refractivity contribution is 7.15. The van der Waals surface area contributed by atoms with E-state index in [1.165, 1.54) is 18.4 Å². The normalized spacial score (nSPS) is 10.3. The number of nitrogens with zero attached hydrogens (tertiary/aromatic N) is 1. The molecule has 0 amide bonds. The Hall–Kier alpha value is -1.59. The molecule has 0 fully saturated rings. The van der Waals surface area contributed by atoms with Crippen LogP contribution in [-0.4, -0.2) is 18.1 Å². The van der Waals surface area contributed by atoms with Crippen LogP contribution in [0.4, 0.5) is 5.69 Å². The van der Waals surface area contributed by atoms with Gasteiger partial charge in [0, 0.05) is 16.8 Å². The molecule has 0 saturated heterocycles. The maximum Gasteiger partial charge on any atom is 0.338 e. The van der Waals surface area contributed by atoms with E-state index in [1.807, 2.05) is 19.1 Å². The lowest BCUT2D eigenvalue weighted by Gasteiger charge is -2.08. The first-order valence-electron chi connectivity index (χ1n) is 5.63. The van der Waals surface area contributed by atoms with E-state index in [0.29, 0.717) is 16.6 Å². The molecule has 0 radical (unpaired) electrons. The summed E-state index contributed by atoms with van der Waals surface area (Å²) in [5.41, 5.74) is 2.39. The summed E-state index contributed by atoms with van der Waals surface area (Å²) in [6.07, 6.45) is 1.75. The molecular weight excluding hydrogens is 284 g/mol. The summed E-state index contributed by atoms with van der Waals surface area (Å²) in [6.45, 7) is 2.53. The first-order chi connectivity index (χ1) is 9.10. The number of thiazole rings is 1. The molecule has 1 heterocycles.